The molecule has 1 aromatic carbocycles. The fraction of sp³-hybridized carbons (Fsp3) is 0.481. The van der Waals surface area contributed by atoms with E-state index in [1.165, 1.54) is 25.5 Å². The number of likely N-dealkylation sites (N-methyl/N-ethyl adjacent to an activating group) is 1. The number of amides is 1. The Morgan fingerprint density at radius 1 is 1.18 bits per heavy atom. The molecule has 0 bridgehead atoms. The molecule has 1 aromatic heterocycles. The highest BCUT2D eigenvalue weighted by Gasteiger charge is 2.37. The molecule has 12 nitrogen and oxygen atoms in total. The number of hydrogen-bond acceptors (Lipinski definition) is 11. The van der Waals surface area contributed by atoms with E-state index >= 15 is 0 Å². The predicted octanol–water partition coefficient (Wildman–Crippen LogP) is 1.60. The third kappa shape index (κ3) is 6.54. The van der Waals surface area contributed by atoms with Gasteiger partial charge in [-0.3, -0.25) is 9.59 Å². The summed E-state index contributed by atoms with van der Waals surface area (Å²) in [5.41, 5.74) is 0.972. The molecule has 4 rings (SSSR count). The zero-order chi connectivity index (χ0) is 29.0. The van der Waals surface area contributed by atoms with Crippen LogP contribution in [0.2, 0.25) is 19.6 Å². The zero-order valence-electron chi connectivity index (χ0n) is 24.0. The van der Waals surface area contributed by atoms with Crippen LogP contribution < -0.4 is 34.9 Å². The van der Waals surface area contributed by atoms with Crippen molar-refractivity contribution in [3.8, 4) is 17.5 Å². The zero-order valence-corrected chi connectivity index (χ0v) is 25.0. The number of rotatable bonds is 10. The number of aromatic nitrogens is 2. The summed E-state index contributed by atoms with van der Waals surface area (Å²) in [6.07, 6.45) is -0.306. The van der Waals surface area contributed by atoms with Gasteiger partial charge in [-0.05, 0) is 25.6 Å². The quantitative estimate of drug-likeness (QED) is 0.318. The minimum absolute atomic E-state index is 0.0324. The second kappa shape index (κ2) is 12.2. The van der Waals surface area contributed by atoms with Gasteiger partial charge in [-0.2, -0.15) is 9.97 Å². The maximum atomic E-state index is 13.2. The Kier molecular flexibility index (Phi) is 8.96. The number of aryl methyl sites for hydroxylation is 1. The average Bonchev–Trinajstić information content (AvgIpc) is 3.29. The van der Waals surface area contributed by atoms with Gasteiger partial charge in [0, 0.05) is 19.6 Å². The molecule has 3 heterocycles. The van der Waals surface area contributed by atoms with E-state index in [1.54, 1.807) is 0 Å². The highest BCUT2D eigenvalue weighted by molar-refractivity contribution is 6.88. The number of anilines is 2. The van der Waals surface area contributed by atoms with Crippen LogP contribution in [0.4, 0.5) is 11.6 Å². The normalized spacial score (nSPS) is 19.1. The molecule has 2 unspecified atom stereocenters. The number of carbonyl (C=O) groups is 2. The van der Waals surface area contributed by atoms with Gasteiger partial charge in [-0.1, -0.05) is 37.0 Å². The molecule has 0 radical (unpaired) electrons. The molecule has 1 fully saturated rings. The van der Waals surface area contributed by atoms with Gasteiger partial charge in [0.1, 0.15) is 5.75 Å². The van der Waals surface area contributed by atoms with E-state index < -0.39 is 25.9 Å². The molecule has 2 aliphatic heterocycles. The number of nitrogens with one attached hydrogen (secondary N) is 2. The summed E-state index contributed by atoms with van der Waals surface area (Å²) in [7, 11) is 3.11. The molecular weight excluding hydrogens is 534 g/mol. The lowest BCUT2D eigenvalue weighted by Crippen LogP contribution is -2.47. The van der Waals surface area contributed by atoms with Crippen molar-refractivity contribution in [1.29, 1.82) is 0 Å². The first-order chi connectivity index (χ1) is 19.0. The molecule has 0 saturated carbocycles. The smallest absolute Gasteiger partial charge is 0.289 e. The Hall–Kier alpha value is -3.68. The SMILES string of the molecule is CNCC1CN(c2nc(OC)c(NC(=O)C3OC(Oc4cc([Si](C)(C)C)ccc4C)=CC3=O)c(OC)n2)CCO1. The minimum atomic E-state index is -1.59. The number of morpholine rings is 1. The molecule has 216 valence electrons. The molecule has 13 heteroatoms. The van der Waals surface area contributed by atoms with E-state index in [4.69, 9.17) is 23.7 Å². The first kappa shape index (κ1) is 29.3. The van der Waals surface area contributed by atoms with Crippen LogP contribution in [0.15, 0.2) is 30.2 Å². The Morgan fingerprint density at radius 2 is 1.88 bits per heavy atom. The summed E-state index contributed by atoms with van der Waals surface area (Å²) in [5.74, 6) is -0.215. The van der Waals surface area contributed by atoms with Gasteiger partial charge in [0.05, 0.1) is 41.1 Å². The fourth-order valence-corrected chi connectivity index (χ4v) is 5.46. The highest BCUT2D eigenvalue weighted by atomic mass is 28.3. The van der Waals surface area contributed by atoms with Crippen LogP contribution in [0.25, 0.3) is 0 Å². The van der Waals surface area contributed by atoms with E-state index in [1.807, 2.05) is 31.0 Å². The van der Waals surface area contributed by atoms with Crippen molar-refractivity contribution in [3.05, 3.63) is 35.8 Å². The Balaban J connectivity index is 1.49. The van der Waals surface area contributed by atoms with Crippen LogP contribution in [-0.2, 0) is 19.1 Å². The van der Waals surface area contributed by atoms with Gasteiger partial charge in [0.15, 0.2) is 5.69 Å². The third-order valence-electron chi connectivity index (χ3n) is 6.57. The van der Waals surface area contributed by atoms with Crippen molar-refractivity contribution in [2.45, 2.75) is 38.8 Å². The number of methoxy groups -OCH3 is 2. The Bertz CT molecular complexity index is 1270. The monoisotopic (exact) mass is 571 g/mol. The molecule has 2 atom stereocenters. The summed E-state index contributed by atoms with van der Waals surface area (Å²) >= 11 is 0. The van der Waals surface area contributed by atoms with E-state index in [-0.39, 0.29) is 29.5 Å². The van der Waals surface area contributed by atoms with Crippen molar-refractivity contribution in [2.75, 3.05) is 57.7 Å². The summed E-state index contributed by atoms with van der Waals surface area (Å²) in [5, 5.41) is 6.94. The van der Waals surface area contributed by atoms with Crippen LogP contribution >= 0.6 is 0 Å². The van der Waals surface area contributed by atoms with Gasteiger partial charge in [0.25, 0.3) is 11.9 Å². The Labute approximate surface area is 235 Å². The van der Waals surface area contributed by atoms with Gasteiger partial charge in [0.2, 0.25) is 29.6 Å². The van der Waals surface area contributed by atoms with Crippen molar-refractivity contribution < 1.29 is 33.3 Å². The van der Waals surface area contributed by atoms with Crippen molar-refractivity contribution in [2.24, 2.45) is 0 Å². The molecule has 40 heavy (non-hydrogen) atoms. The van der Waals surface area contributed by atoms with E-state index in [0.717, 1.165) is 5.56 Å². The number of ketones is 1. The lowest BCUT2D eigenvalue weighted by molar-refractivity contribution is -0.134. The fourth-order valence-electron chi connectivity index (χ4n) is 4.32. The van der Waals surface area contributed by atoms with E-state index in [0.29, 0.717) is 37.9 Å². The predicted molar refractivity (Wildman–Crippen MR) is 152 cm³/mol. The van der Waals surface area contributed by atoms with Crippen molar-refractivity contribution in [3.63, 3.8) is 0 Å². The number of ether oxygens (including phenoxy) is 5. The topological polar surface area (TPSA) is 133 Å². The maximum absolute atomic E-state index is 13.2. The third-order valence-corrected chi connectivity index (χ3v) is 8.62. The number of hydrogen-bond donors (Lipinski definition) is 2. The molecular formula is C27H37N5O7Si. The minimum Gasteiger partial charge on any atom is -0.479 e. The second-order valence-corrected chi connectivity index (χ2v) is 15.7. The average molecular weight is 572 g/mol. The molecule has 1 amide bonds. The van der Waals surface area contributed by atoms with Gasteiger partial charge < -0.3 is 39.2 Å². The molecule has 1 saturated heterocycles. The number of benzene rings is 1. The van der Waals surface area contributed by atoms with Crippen LogP contribution in [0.3, 0.4) is 0 Å². The summed E-state index contributed by atoms with van der Waals surface area (Å²) in [6.45, 7) is 10.9. The molecule has 2 aromatic rings. The van der Waals surface area contributed by atoms with Gasteiger partial charge in [-0.15, -0.1) is 0 Å². The van der Waals surface area contributed by atoms with E-state index in [9.17, 15) is 9.59 Å². The second-order valence-electron chi connectivity index (χ2n) is 10.6. The van der Waals surface area contributed by atoms with Crippen LogP contribution in [0.1, 0.15) is 5.56 Å². The lowest BCUT2D eigenvalue weighted by atomic mass is 10.2. The summed E-state index contributed by atoms with van der Waals surface area (Å²) in [4.78, 5) is 36.8. The first-order valence-corrected chi connectivity index (χ1v) is 16.6. The van der Waals surface area contributed by atoms with Crippen molar-refractivity contribution in [1.82, 2.24) is 15.3 Å². The molecule has 2 N–H and O–H groups in total. The lowest BCUT2D eigenvalue weighted by Gasteiger charge is -2.33. The number of nitrogens with zero attached hydrogens (tertiary/aromatic N) is 3. The largest absolute Gasteiger partial charge is 0.479 e. The van der Waals surface area contributed by atoms with Crippen LogP contribution in [0, 0.1) is 6.92 Å². The van der Waals surface area contributed by atoms with E-state index in [2.05, 4.69) is 46.3 Å². The summed E-state index contributed by atoms with van der Waals surface area (Å²) in [6, 6.07) is 6.03. The summed E-state index contributed by atoms with van der Waals surface area (Å²) < 4.78 is 28.2. The van der Waals surface area contributed by atoms with Gasteiger partial charge >= 0.3 is 0 Å². The standard InChI is InChI=1S/C27H37N5O7Si/c1-16-8-9-18(40(5,6)7)12-20(16)38-21-13-19(33)23(39-21)24(34)29-22-25(35-3)30-27(31-26(22)36-4)32-10-11-37-17(15-32)14-28-2/h8-9,12-13,17,23,28H,10-11,14-15H2,1-7H3,(H,29,34). The maximum Gasteiger partial charge on any atom is 0.289 e. The van der Waals surface area contributed by atoms with Crippen molar-refractivity contribution >= 4 is 36.6 Å². The molecule has 0 spiro atoms. The number of carbonyl (C=O) groups excluding carboxylic acids is 2. The molecule has 2 aliphatic rings. The first-order valence-electron chi connectivity index (χ1n) is 13.1. The van der Waals surface area contributed by atoms with Crippen LogP contribution in [-0.4, -0.2) is 89.4 Å². The Morgan fingerprint density at radius 3 is 2.50 bits per heavy atom. The molecule has 0 aliphatic carbocycles. The highest BCUT2D eigenvalue weighted by Crippen LogP contribution is 2.34. The van der Waals surface area contributed by atoms with Gasteiger partial charge in [-0.25, -0.2) is 0 Å². The van der Waals surface area contributed by atoms with Crippen LogP contribution in [0.5, 0.6) is 17.5 Å².